The summed E-state index contributed by atoms with van der Waals surface area (Å²) in [6.07, 6.45) is 0. The molecule has 0 fully saturated rings. The fraction of sp³-hybridized carbons (Fsp3) is 0.600. The number of nitrogens with one attached hydrogen (secondary N) is 1. The summed E-state index contributed by atoms with van der Waals surface area (Å²) in [4.78, 5) is 24.2. The lowest BCUT2D eigenvalue weighted by Gasteiger charge is -2.44. The van der Waals surface area contributed by atoms with Crippen molar-refractivity contribution in [1.29, 1.82) is 0 Å². The summed E-state index contributed by atoms with van der Waals surface area (Å²) in [7, 11) is 1.59. The SMILES string of the molecule is CC#CC(C)(C)Oc1ccc(C(C)(C)C(C)(C)NC(=O)C(C)(C)OC(C)=O)cc1OC. The lowest BCUT2D eigenvalue weighted by molar-refractivity contribution is -0.164. The highest BCUT2D eigenvalue weighted by molar-refractivity contribution is 5.87. The van der Waals surface area contributed by atoms with Crippen LogP contribution in [0.25, 0.3) is 0 Å². The van der Waals surface area contributed by atoms with Crippen LogP contribution in [-0.4, -0.2) is 35.7 Å². The van der Waals surface area contributed by atoms with E-state index in [9.17, 15) is 9.59 Å². The second kappa shape index (κ2) is 9.21. The van der Waals surface area contributed by atoms with Crippen LogP contribution in [0.4, 0.5) is 0 Å². The highest BCUT2D eigenvalue weighted by Gasteiger charge is 2.43. The molecule has 0 aliphatic rings. The Hall–Kier alpha value is -2.68. The number of carbonyl (C=O) groups is 2. The topological polar surface area (TPSA) is 73.9 Å². The maximum Gasteiger partial charge on any atom is 0.303 e. The molecule has 1 rings (SSSR count). The van der Waals surface area contributed by atoms with Crippen LogP contribution in [0, 0.1) is 11.8 Å². The summed E-state index contributed by atoms with van der Waals surface area (Å²) in [6, 6.07) is 5.73. The summed E-state index contributed by atoms with van der Waals surface area (Å²) < 4.78 is 16.8. The molecule has 1 aromatic carbocycles. The van der Waals surface area contributed by atoms with Gasteiger partial charge >= 0.3 is 5.97 Å². The van der Waals surface area contributed by atoms with Crippen LogP contribution in [0.1, 0.15) is 74.8 Å². The molecule has 1 amide bonds. The molecule has 172 valence electrons. The lowest BCUT2D eigenvalue weighted by Crippen LogP contribution is -2.60. The summed E-state index contributed by atoms with van der Waals surface area (Å²) in [6.45, 7) is 17.9. The summed E-state index contributed by atoms with van der Waals surface area (Å²) in [5.74, 6) is 6.20. The zero-order valence-electron chi connectivity index (χ0n) is 20.8. The minimum absolute atomic E-state index is 0.368. The van der Waals surface area contributed by atoms with Gasteiger partial charge in [-0.05, 0) is 66.2 Å². The van der Waals surface area contributed by atoms with Crippen molar-refractivity contribution in [3.05, 3.63) is 23.8 Å². The third-order valence-electron chi connectivity index (χ3n) is 5.61. The number of hydrogen-bond donors (Lipinski definition) is 1. The van der Waals surface area contributed by atoms with Crippen LogP contribution in [0.15, 0.2) is 18.2 Å². The maximum absolute atomic E-state index is 12.8. The number of rotatable bonds is 8. The summed E-state index contributed by atoms with van der Waals surface area (Å²) in [5.41, 5.74) is -2.16. The first-order chi connectivity index (χ1) is 14.0. The molecule has 6 heteroatoms. The van der Waals surface area contributed by atoms with E-state index in [4.69, 9.17) is 14.2 Å². The van der Waals surface area contributed by atoms with Crippen molar-refractivity contribution in [1.82, 2.24) is 5.32 Å². The minimum atomic E-state index is -1.28. The van der Waals surface area contributed by atoms with E-state index in [1.807, 2.05) is 59.7 Å². The fourth-order valence-corrected chi connectivity index (χ4v) is 3.10. The normalized spacial score (nSPS) is 12.4. The molecule has 0 saturated heterocycles. The molecule has 0 spiro atoms. The van der Waals surface area contributed by atoms with Crippen LogP contribution < -0.4 is 14.8 Å². The van der Waals surface area contributed by atoms with Gasteiger partial charge < -0.3 is 19.5 Å². The standard InChI is InChI=1S/C25H37NO5/c1-12-15-22(3,4)31-19-14-13-18(16-20(19)29-11)23(5,6)25(9,10)26-21(28)24(7,8)30-17(2)27/h13-14,16H,1-11H3,(H,26,28). The van der Waals surface area contributed by atoms with Crippen LogP contribution in [0.2, 0.25) is 0 Å². The van der Waals surface area contributed by atoms with Crippen molar-refractivity contribution in [3.63, 3.8) is 0 Å². The second-order valence-corrected chi connectivity index (χ2v) is 9.66. The Bertz CT molecular complexity index is 885. The molecule has 0 heterocycles. The smallest absolute Gasteiger partial charge is 0.303 e. The number of hydrogen-bond acceptors (Lipinski definition) is 5. The van der Waals surface area contributed by atoms with Gasteiger partial charge in [-0.2, -0.15) is 0 Å². The van der Waals surface area contributed by atoms with E-state index in [-0.39, 0.29) is 5.91 Å². The lowest BCUT2D eigenvalue weighted by atomic mass is 9.69. The molecule has 1 N–H and O–H groups in total. The van der Waals surface area contributed by atoms with Crippen molar-refractivity contribution >= 4 is 11.9 Å². The van der Waals surface area contributed by atoms with E-state index in [2.05, 4.69) is 17.2 Å². The molecule has 0 saturated carbocycles. The van der Waals surface area contributed by atoms with Gasteiger partial charge in [0, 0.05) is 17.9 Å². The van der Waals surface area contributed by atoms with Gasteiger partial charge in [0.2, 0.25) is 0 Å². The van der Waals surface area contributed by atoms with Crippen LogP contribution >= 0.6 is 0 Å². The van der Waals surface area contributed by atoms with Gasteiger partial charge in [0.15, 0.2) is 22.7 Å². The zero-order chi connectivity index (χ0) is 24.3. The molecule has 0 aliphatic carbocycles. The first kappa shape index (κ1) is 26.4. The molecule has 0 bridgehead atoms. The van der Waals surface area contributed by atoms with E-state index >= 15 is 0 Å². The number of amides is 1. The molecule has 1 aromatic rings. The molecular formula is C25H37NO5. The van der Waals surface area contributed by atoms with Gasteiger partial charge in [0.25, 0.3) is 5.91 Å². The summed E-state index contributed by atoms with van der Waals surface area (Å²) in [5, 5.41) is 3.04. The molecule has 0 unspecified atom stereocenters. The number of esters is 1. The number of carbonyl (C=O) groups excluding carboxylic acids is 2. The fourth-order valence-electron chi connectivity index (χ4n) is 3.10. The Morgan fingerprint density at radius 2 is 1.55 bits per heavy atom. The largest absolute Gasteiger partial charge is 0.493 e. The number of benzene rings is 1. The van der Waals surface area contributed by atoms with E-state index in [1.165, 1.54) is 6.92 Å². The third-order valence-corrected chi connectivity index (χ3v) is 5.61. The average Bonchev–Trinajstić information content (AvgIpc) is 2.59. The van der Waals surface area contributed by atoms with Gasteiger partial charge in [0.05, 0.1) is 7.11 Å². The Labute approximate surface area is 187 Å². The maximum atomic E-state index is 12.8. The minimum Gasteiger partial charge on any atom is -0.493 e. The van der Waals surface area contributed by atoms with Crippen LogP contribution in [0.5, 0.6) is 11.5 Å². The van der Waals surface area contributed by atoms with Crippen molar-refractivity contribution < 1.29 is 23.8 Å². The molecule has 0 aliphatic heterocycles. The third kappa shape index (κ3) is 6.40. The Balaban J connectivity index is 3.25. The van der Waals surface area contributed by atoms with Crippen LogP contribution in [-0.2, 0) is 19.7 Å². The quantitative estimate of drug-likeness (QED) is 0.488. The van der Waals surface area contributed by atoms with Crippen LogP contribution in [0.3, 0.4) is 0 Å². The molecule has 6 nitrogen and oxygen atoms in total. The monoisotopic (exact) mass is 431 g/mol. The van der Waals surface area contributed by atoms with E-state index in [0.29, 0.717) is 11.5 Å². The first-order valence-electron chi connectivity index (χ1n) is 10.3. The Kier molecular flexibility index (Phi) is 7.83. The van der Waals surface area contributed by atoms with Gasteiger partial charge in [-0.25, -0.2) is 0 Å². The highest BCUT2D eigenvalue weighted by atomic mass is 16.6. The Morgan fingerprint density at radius 3 is 2.03 bits per heavy atom. The molecule has 0 atom stereocenters. The highest BCUT2D eigenvalue weighted by Crippen LogP contribution is 2.40. The van der Waals surface area contributed by atoms with E-state index < -0.39 is 28.1 Å². The summed E-state index contributed by atoms with van der Waals surface area (Å²) >= 11 is 0. The predicted molar refractivity (Wildman–Crippen MR) is 122 cm³/mol. The second-order valence-electron chi connectivity index (χ2n) is 9.66. The van der Waals surface area contributed by atoms with Gasteiger partial charge in [0.1, 0.15) is 0 Å². The predicted octanol–water partition coefficient (Wildman–Crippen LogP) is 4.39. The van der Waals surface area contributed by atoms with Gasteiger partial charge in [-0.3, -0.25) is 9.59 Å². The Morgan fingerprint density at radius 1 is 0.968 bits per heavy atom. The van der Waals surface area contributed by atoms with Gasteiger partial charge in [-0.1, -0.05) is 25.8 Å². The molecule has 0 aromatic heterocycles. The van der Waals surface area contributed by atoms with Crippen molar-refractivity contribution in [3.8, 4) is 23.3 Å². The van der Waals surface area contributed by atoms with E-state index in [1.54, 1.807) is 27.9 Å². The first-order valence-corrected chi connectivity index (χ1v) is 10.3. The molecule has 31 heavy (non-hydrogen) atoms. The number of ether oxygens (including phenoxy) is 3. The van der Waals surface area contributed by atoms with Crippen molar-refractivity contribution in [2.75, 3.05) is 7.11 Å². The van der Waals surface area contributed by atoms with Gasteiger partial charge in [-0.15, -0.1) is 5.92 Å². The number of methoxy groups -OCH3 is 1. The van der Waals surface area contributed by atoms with E-state index in [0.717, 1.165) is 5.56 Å². The zero-order valence-corrected chi connectivity index (χ0v) is 20.8. The average molecular weight is 432 g/mol. The van der Waals surface area contributed by atoms with Crippen molar-refractivity contribution in [2.24, 2.45) is 0 Å². The molecule has 0 radical (unpaired) electrons. The van der Waals surface area contributed by atoms with Crippen molar-refractivity contribution in [2.45, 2.75) is 91.4 Å². The molecular weight excluding hydrogens is 394 g/mol.